The van der Waals surface area contributed by atoms with Crippen molar-refractivity contribution in [3.05, 3.63) is 30.5 Å². The molecule has 1 aromatic carbocycles. The van der Waals surface area contributed by atoms with Gasteiger partial charge in [-0.25, -0.2) is 8.42 Å². The summed E-state index contributed by atoms with van der Waals surface area (Å²) in [6, 6.07) is 4.44. The number of amides is 2. The van der Waals surface area contributed by atoms with E-state index in [1.165, 1.54) is 16.4 Å². The number of ether oxygens (including phenoxy) is 1. The second kappa shape index (κ2) is 6.35. The van der Waals surface area contributed by atoms with Gasteiger partial charge in [-0.3, -0.25) is 9.59 Å². The van der Waals surface area contributed by atoms with Crippen LogP contribution in [0.1, 0.15) is 26.2 Å². The van der Waals surface area contributed by atoms with Crippen LogP contribution in [0, 0.1) is 5.41 Å². The standard InChI is InChI=1S/C18H21N3O5S/c1-12-16(22)20-14-10-13(4-5-15(14)26-12)27(24,25)21-9-3-7-18(11-21)6-2-8-19-17(18)23/h2,4-5,8,10,12H,3,6-7,9,11H2,1H3,(H,19,23)(H,20,22)/t12-,18+/m1/s1. The zero-order valence-corrected chi connectivity index (χ0v) is 15.7. The molecule has 1 aromatic rings. The van der Waals surface area contributed by atoms with Gasteiger partial charge in [0.25, 0.3) is 5.91 Å². The van der Waals surface area contributed by atoms with Gasteiger partial charge in [-0.1, -0.05) is 6.08 Å². The summed E-state index contributed by atoms with van der Waals surface area (Å²) in [4.78, 5) is 24.3. The fourth-order valence-corrected chi connectivity index (χ4v) is 5.40. The lowest BCUT2D eigenvalue weighted by molar-refractivity contribution is -0.132. The molecule has 0 aromatic heterocycles. The second-order valence-corrected chi connectivity index (χ2v) is 9.15. The molecule has 27 heavy (non-hydrogen) atoms. The molecule has 0 aliphatic carbocycles. The predicted molar refractivity (Wildman–Crippen MR) is 97.5 cm³/mol. The van der Waals surface area contributed by atoms with E-state index in [0.29, 0.717) is 37.2 Å². The Bertz CT molecular complexity index is 942. The minimum Gasteiger partial charge on any atom is -0.479 e. The van der Waals surface area contributed by atoms with Gasteiger partial charge in [-0.05, 0) is 50.6 Å². The van der Waals surface area contributed by atoms with E-state index in [4.69, 9.17) is 4.74 Å². The third kappa shape index (κ3) is 3.00. The Morgan fingerprint density at radius 3 is 2.89 bits per heavy atom. The van der Waals surface area contributed by atoms with Gasteiger partial charge in [-0.2, -0.15) is 4.31 Å². The van der Waals surface area contributed by atoms with Crippen molar-refractivity contribution in [3.8, 4) is 5.75 Å². The molecule has 4 rings (SSSR count). The van der Waals surface area contributed by atoms with Gasteiger partial charge in [0.15, 0.2) is 6.10 Å². The summed E-state index contributed by atoms with van der Waals surface area (Å²) in [7, 11) is -3.80. The topological polar surface area (TPSA) is 105 Å². The zero-order chi connectivity index (χ0) is 19.2. The average molecular weight is 391 g/mol. The van der Waals surface area contributed by atoms with Gasteiger partial charge in [0.1, 0.15) is 5.75 Å². The minimum atomic E-state index is -3.80. The number of sulfonamides is 1. The predicted octanol–water partition coefficient (Wildman–Crippen LogP) is 1.21. The van der Waals surface area contributed by atoms with Gasteiger partial charge in [0.05, 0.1) is 16.0 Å². The van der Waals surface area contributed by atoms with Gasteiger partial charge in [-0.15, -0.1) is 0 Å². The monoisotopic (exact) mass is 391 g/mol. The van der Waals surface area contributed by atoms with Crippen LogP contribution in [-0.4, -0.2) is 43.7 Å². The number of nitrogens with zero attached hydrogens (tertiary/aromatic N) is 1. The number of fused-ring (bicyclic) bond motifs is 1. The van der Waals surface area contributed by atoms with Crippen molar-refractivity contribution in [2.24, 2.45) is 5.41 Å². The summed E-state index contributed by atoms with van der Waals surface area (Å²) >= 11 is 0. The maximum Gasteiger partial charge on any atom is 0.265 e. The smallest absolute Gasteiger partial charge is 0.265 e. The molecule has 3 aliphatic rings. The fourth-order valence-electron chi connectivity index (χ4n) is 3.81. The second-order valence-electron chi connectivity index (χ2n) is 7.21. The first kappa shape index (κ1) is 18.0. The van der Waals surface area contributed by atoms with Crippen molar-refractivity contribution < 1.29 is 22.7 Å². The number of benzene rings is 1. The number of piperidine rings is 1. The number of hydrogen-bond acceptors (Lipinski definition) is 5. The highest BCUT2D eigenvalue weighted by molar-refractivity contribution is 7.89. The SMILES string of the molecule is C[C@H]1Oc2ccc(S(=O)(=O)N3CCC[C@@]4(CC=CNC4=O)C3)cc2NC1=O. The Hall–Kier alpha value is -2.39. The van der Waals surface area contributed by atoms with Crippen LogP contribution in [0.25, 0.3) is 0 Å². The number of nitrogens with one attached hydrogen (secondary N) is 2. The lowest BCUT2D eigenvalue weighted by Gasteiger charge is -2.41. The van der Waals surface area contributed by atoms with Gasteiger partial charge in [0.2, 0.25) is 15.9 Å². The highest BCUT2D eigenvalue weighted by Crippen LogP contribution is 2.39. The lowest BCUT2D eigenvalue weighted by atomic mass is 9.76. The molecule has 1 saturated heterocycles. The van der Waals surface area contributed by atoms with Crippen LogP contribution >= 0.6 is 0 Å². The van der Waals surface area contributed by atoms with Crippen molar-refractivity contribution in [1.29, 1.82) is 0 Å². The van der Waals surface area contributed by atoms with E-state index in [2.05, 4.69) is 10.6 Å². The molecule has 9 heteroatoms. The number of carbonyl (C=O) groups is 2. The first-order valence-corrected chi connectivity index (χ1v) is 10.3. The normalized spacial score (nSPS) is 28.3. The van der Waals surface area contributed by atoms with E-state index in [1.54, 1.807) is 19.2 Å². The fraction of sp³-hybridized carbons (Fsp3) is 0.444. The summed E-state index contributed by atoms with van der Waals surface area (Å²) in [5, 5.41) is 5.37. The quantitative estimate of drug-likeness (QED) is 0.789. The van der Waals surface area contributed by atoms with Crippen LogP contribution < -0.4 is 15.4 Å². The summed E-state index contributed by atoms with van der Waals surface area (Å²) in [5.41, 5.74) is -0.384. The molecular weight excluding hydrogens is 370 g/mol. The van der Waals surface area contributed by atoms with Crippen molar-refractivity contribution in [1.82, 2.24) is 9.62 Å². The Morgan fingerprint density at radius 2 is 2.11 bits per heavy atom. The molecule has 1 spiro atoms. The highest BCUT2D eigenvalue weighted by atomic mass is 32.2. The van der Waals surface area contributed by atoms with E-state index in [9.17, 15) is 18.0 Å². The molecular formula is C18H21N3O5S. The van der Waals surface area contributed by atoms with E-state index in [0.717, 1.165) is 0 Å². The Morgan fingerprint density at radius 1 is 1.30 bits per heavy atom. The van der Waals surface area contributed by atoms with E-state index in [1.807, 2.05) is 6.08 Å². The Labute approximate surface area is 157 Å². The molecule has 2 N–H and O–H groups in total. The maximum atomic E-state index is 13.2. The van der Waals surface area contributed by atoms with E-state index < -0.39 is 21.5 Å². The van der Waals surface area contributed by atoms with E-state index >= 15 is 0 Å². The van der Waals surface area contributed by atoms with E-state index in [-0.39, 0.29) is 23.3 Å². The van der Waals surface area contributed by atoms with Crippen LogP contribution in [0.15, 0.2) is 35.4 Å². The molecule has 3 heterocycles. The van der Waals surface area contributed by atoms with Crippen LogP contribution in [-0.2, 0) is 19.6 Å². The third-order valence-electron chi connectivity index (χ3n) is 5.38. The Kier molecular flexibility index (Phi) is 4.23. The molecule has 2 amide bonds. The third-order valence-corrected chi connectivity index (χ3v) is 7.23. The molecule has 1 fully saturated rings. The molecule has 3 aliphatic heterocycles. The lowest BCUT2D eigenvalue weighted by Crippen LogP contribution is -2.53. The highest BCUT2D eigenvalue weighted by Gasteiger charge is 2.45. The number of carbonyl (C=O) groups excluding carboxylic acids is 2. The first-order chi connectivity index (χ1) is 12.8. The van der Waals surface area contributed by atoms with Gasteiger partial charge >= 0.3 is 0 Å². The summed E-state index contributed by atoms with van der Waals surface area (Å²) in [6.45, 7) is 2.13. The molecule has 8 nitrogen and oxygen atoms in total. The van der Waals surface area contributed by atoms with Crippen LogP contribution in [0.3, 0.4) is 0 Å². The zero-order valence-electron chi connectivity index (χ0n) is 14.9. The van der Waals surface area contributed by atoms with Crippen LogP contribution in [0.5, 0.6) is 5.75 Å². The minimum absolute atomic E-state index is 0.0727. The first-order valence-electron chi connectivity index (χ1n) is 8.90. The van der Waals surface area contributed by atoms with Crippen LogP contribution in [0.4, 0.5) is 5.69 Å². The molecule has 144 valence electrons. The summed E-state index contributed by atoms with van der Waals surface area (Å²) in [6.07, 6.45) is 4.64. The molecule has 0 unspecified atom stereocenters. The average Bonchev–Trinajstić information content (AvgIpc) is 2.65. The van der Waals surface area contributed by atoms with Gasteiger partial charge < -0.3 is 15.4 Å². The van der Waals surface area contributed by atoms with Crippen LogP contribution in [0.2, 0.25) is 0 Å². The summed E-state index contributed by atoms with van der Waals surface area (Å²) < 4.78 is 33.2. The van der Waals surface area contributed by atoms with Gasteiger partial charge in [0, 0.05) is 13.1 Å². The number of allylic oxidation sites excluding steroid dienone is 1. The van der Waals surface area contributed by atoms with Crippen molar-refractivity contribution in [2.45, 2.75) is 37.2 Å². The maximum absolute atomic E-state index is 13.2. The Balaban J connectivity index is 1.64. The van der Waals surface area contributed by atoms with Crippen molar-refractivity contribution in [2.75, 3.05) is 18.4 Å². The number of anilines is 1. The molecule has 2 atom stereocenters. The van der Waals surface area contributed by atoms with Crippen molar-refractivity contribution >= 4 is 27.5 Å². The number of rotatable bonds is 2. The number of hydrogen-bond donors (Lipinski definition) is 2. The summed E-state index contributed by atoms with van der Waals surface area (Å²) in [5.74, 6) is -0.0161. The van der Waals surface area contributed by atoms with Crippen molar-refractivity contribution in [3.63, 3.8) is 0 Å². The molecule has 0 radical (unpaired) electrons. The molecule has 0 saturated carbocycles. The largest absolute Gasteiger partial charge is 0.479 e. The molecule has 0 bridgehead atoms.